The van der Waals surface area contributed by atoms with Gasteiger partial charge in [-0.15, -0.1) is 0 Å². The van der Waals surface area contributed by atoms with Crippen LogP contribution in [0.3, 0.4) is 0 Å². The van der Waals surface area contributed by atoms with Gasteiger partial charge < -0.3 is 20.5 Å². The first-order chi connectivity index (χ1) is 8.17. The lowest BCUT2D eigenvalue weighted by atomic mass is 10.2. The Morgan fingerprint density at radius 2 is 2.24 bits per heavy atom. The monoisotopic (exact) mass is 258 g/mol. The average molecular weight is 259 g/mol. The van der Waals surface area contributed by atoms with Crippen molar-refractivity contribution in [3.63, 3.8) is 0 Å². The molecule has 17 heavy (non-hydrogen) atoms. The van der Waals surface area contributed by atoms with E-state index in [1.165, 1.54) is 0 Å². The van der Waals surface area contributed by atoms with Gasteiger partial charge in [0.15, 0.2) is 0 Å². The highest BCUT2D eigenvalue weighted by atomic mass is 35.5. The van der Waals surface area contributed by atoms with Gasteiger partial charge in [0.25, 0.3) is 0 Å². The van der Waals surface area contributed by atoms with Gasteiger partial charge in [-0.2, -0.15) is 0 Å². The number of methoxy groups -OCH3 is 1. The molecule has 0 aliphatic carbocycles. The largest absolute Gasteiger partial charge is 0.496 e. The summed E-state index contributed by atoms with van der Waals surface area (Å²) in [5.41, 5.74) is 0.830. The van der Waals surface area contributed by atoms with Crippen LogP contribution >= 0.6 is 11.6 Å². The van der Waals surface area contributed by atoms with Gasteiger partial charge in [-0.25, -0.2) is 4.79 Å². The number of amides is 2. The third-order valence-corrected chi connectivity index (χ3v) is 2.32. The van der Waals surface area contributed by atoms with Crippen LogP contribution < -0.4 is 15.4 Å². The van der Waals surface area contributed by atoms with Gasteiger partial charge in [-0.3, -0.25) is 0 Å². The molecular weight excluding hydrogens is 244 g/mol. The van der Waals surface area contributed by atoms with Crippen LogP contribution in [0.15, 0.2) is 18.2 Å². The highest BCUT2D eigenvalue weighted by Crippen LogP contribution is 2.22. The molecule has 0 heterocycles. The lowest BCUT2D eigenvalue weighted by molar-refractivity contribution is 0.234. The van der Waals surface area contributed by atoms with E-state index in [0.717, 1.165) is 5.56 Å². The number of ether oxygens (including phenoxy) is 1. The molecule has 6 heteroatoms. The topological polar surface area (TPSA) is 70.6 Å². The number of carbonyl (C=O) groups excluding carboxylic acids is 1. The van der Waals surface area contributed by atoms with Crippen molar-refractivity contribution in [2.75, 3.05) is 20.3 Å². The summed E-state index contributed by atoms with van der Waals surface area (Å²) >= 11 is 5.82. The quantitative estimate of drug-likeness (QED) is 0.742. The SMILES string of the molecule is COc1cc(Cl)ccc1CNC(=O)NCCO. The van der Waals surface area contributed by atoms with E-state index in [0.29, 0.717) is 17.3 Å². The van der Waals surface area contributed by atoms with E-state index in [-0.39, 0.29) is 19.2 Å². The Morgan fingerprint density at radius 3 is 2.88 bits per heavy atom. The van der Waals surface area contributed by atoms with Gasteiger partial charge in [-0.05, 0) is 12.1 Å². The lowest BCUT2D eigenvalue weighted by Crippen LogP contribution is -2.36. The fraction of sp³-hybridized carbons (Fsp3) is 0.364. The summed E-state index contributed by atoms with van der Waals surface area (Å²) in [6.07, 6.45) is 0. The van der Waals surface area contributed by atoms with Crippen LogP contribution in [-0.4, -0.2) is 31.4 Å². The first-order valence-electron chi connectivity index (χ1n) is 5.12. The zero-order valence-electron chi connectivity index (χ0n) is 9.50. The zero-order chi connectivity index (χ0) is 12.7. The minimum atomic E-state index is -0.337. The number of rotatable bonds is 5. The Bertz CT molecular complexity index is 385. The highest BCUT2D eigenvalue weighted by Gasteiger charge is 2.05. The summed E-state index contributed by atoms with van der Waals surface area (Å²) < 4.78 is 5.14. The predicted molar refractivity (Wildman–Crippen MR) is 65.3 cm³/mol. The van der Waals surface area contributed by atoms with Gasteiger partial charge in [-0.1, -0.05) is 17.7 Å². The minimum Gasteiger partial charge on any atom is -0.496 e. The number of hydrogen-bond acceptors (Lipinski definition) is 3. The smallest absolute Gasteiger partial charge is 0.315 e. The maximum Gasteiger partial charge on any atom is 0.315 e. The zero-order valence-corrected chi connectivity index (χ0v) is 10.3. The van der Waals surface area contributed by atoms with E-state index in [2.05, 4.69) is 10.6 Å². The number of nitrogens with one attached hydrogen (secondary N) is 2. The van der Waals surface area contributed by atoms with Crippen molar-refractivity contribution in [1.29, 1.82) is 0 Å². The maximum absolute atomic E-state index is 11.2. The fourth-order valence-electron chi connectivity index (χ4n) is 1.27. The standard InChI is InChI=1S/C11H15ClN2O3/c1-17-10-6-9(12)3-2-8(10)7-14-11(16)13-4-5-15/h2-3,6,15H,4-5,7H2,1H3,(H2,13,14,16). The molecule has 1 aromatic rings. The van der Waals surface area contributed by atoms with Crippen LogP contribution in [0.1, 0.15) is 5.56 Å². The fourth-order valence-corrected chi connectivity index (χ4v) is 1.43. The number of carbonyl (C=O) groups is 1. The maximum atomic E-state index is 11.2. The minimum absolute atomic E-state index is 0.0856. The summed E-state index contributed by atoms with van der Waals surface area (Å²) in [5, 5.41) is 14.2. The molecule has 0 fully saturated rings. The van der Waals surface area contributed by atoms with Crippen molar-refractivity contribution in [3.8, 4) is 5.75 Å². The second-order valence-electron chi connectivity index (χ2n) is 3.29. The van der Waals surface area contributed by atoms with Gasteiger partial charge >= 0.3 is 6.03 Å². The molecule has 0 atom stereocenters. The summed E-state index contributed by atoms with van der Waals surface area (Å²) in [7, 11) is 1.54. The normalized spacial score (nSPS) is 9.82. The third kappa shape index (κ3) is 4.50. The molecule has 0 spiro atoms. The first-order valence-corrected chi connectivity index (χ1v) is 5.50. The molecule has 0 bridgehead atoms. The molecule has 2 amide bonds. The second-order valence-corrected chi connectivity index (χ2v) is 3.73. The number of aliphatic hydroxyl groups excluding tert-OH is 1. The van der Waals surface area contributed by atoms with Crippen LogP contribution in [0.2, 0.25) is 5.02 Å². The second kappa shape index (κ2) is 6.98. The average Bonchev–Trinajstić information content (AvgIpc) is 2.34. The van der Waals surface area contributed by atoms with Crippen LogP contribution in [0.5, 0.6) is 5.75 Å². The Kier molecular flexibility index (Phi) is 5.59. The molecule has 0 aromatic heterocycles. The Hall–Kier alpha value is -1.46. The first kappa shape index (κ1) is 13.6. The van der Waals surface area contributed by atoms with E-state index >= 15 is 0 Å². The Morgan fingerprint density at radius 1 is 1.47 bits per heavy atom. The number of aliphatic hydroxyl groups is 1. The summed E-state index contributed by atoms with van der Waals surface area (Å²) in [6.45, 7) is 0.471. The molecule has 0 saturated carbocycles. The van der Waals surface area contributed by atoms with Gasteiger partial charge in [0.2, 0.25) is 0 Å². The highest BCUT2D eigenvalue weighted by molar-refractivity contribution is 6.30. The molecule has 3 N–H and O–H groups in total. The number of benzene rings is 1. The van der Waals surface area contributed by atoms with Crippen molar-refractivity contribution in [2.45, 2.75) is 6.54 Å². The molecule has 0 aliphatic heterocycles. The number of halogens is 1. The van der Waals surface area contributed by atoms with Gasteiger partial charge in [0.1, 0.15) is 5.75 Å². The van der Waals surface area contributed by atoms with Crippen LogP contribution in [0.4, 0.5) is 4.79 Å². The Labute approximate surface area is 105 Å². The molecule has 1 aromatic carbocycles. The van der Waals surface area contributed by atoms with Crippen LogP contribution in [-0.2, 0) is 6.54 Å². The van der Waals surface area contributed by atoms with E-state index < -0.39 is 0 Å². The summed E-state index contributed by atoms with van der Waals surface area (Å²) in [4.78, 5) is 11.2. The van der Waals surface area contributed by atoms with Crippen molar-refractivity contribution >= 4 is 17.6 Å². The molecule has 0 radical (unpaired) electrons. The number of urea groups is 1. The van der Waals surface area contributed by atoms with E-state index in [1.54, 1.807) is 25.3 Å². The number of hydrogen-bond donors (Lipinski definition) is 3. The molecular formula is C11H15ClN2O3. The predicted octanol–water partition coefficient (Wildman–Crippen LogP) is 1.14. The molecule has 1 rings (SSSR count). The van der Waals surface area contributed by atoms with Gasteiger partial charge in [0, 0.05) is 23.7 Å². The molecule has 0 unspecified atom stereocenters. The van der Waals surface area contributed by atoms with E-state index in [4.69, 9.17) is 21.4 Å². The van der Waals surface area contributed by atoms with Crippen LogP contribution in [0, 0.1) is 0 Å². The van der Waals surface area contributed by atoms with Crippen molar-refractivity contribution in [3.05, 3.63) is 28.8 Å². The van der Waals surface area contributed by atoms with Crippen molar-refractivity contribution < 1.29 is 14.6 Å². The van der Waals surface area contributed by atoms with E-state index in [9.17, 15) is 4.79 Å². The van der Waals surface area contributed by atoms with Crippen molar-refractivity contribution in [1.82, 2.24) is 10.6 Å². The molecule has 0 aliphatic rings. The van der Waals surface area contributed by atoms with Crippen molar-refractivity contribution in [2.24, 2.45) is 0 Å². The van der Waals surface area contributed by atoms with Crippen LogP contribution in [0.25, 0.3) is 0 Å². The van der Waals surface area contributed by atoms with Gasteiger partial charge in [0.05, 0.1) is 13.7 Å². The summed E-state index contributed by atoms with van der Waals surface area (Å²) in [6, 6.07) is 4.86. The molecule has 0 saturated heterocycles. The lowest BCUT2D eigenvalue weighted by Gasteiger charge is -2.10. The molecule has 94 valence electrons. The summed E-state index contributed by atoms with van der Waals surface area (Å²) in [5.74, 6) is 0.625. The third-order valence-electron chi connectivity index (χ3n) is 2.09. The van der Waals surface area contributed by atoms with E-state index in [1.807, 2.05) is 0 Å². The Balaban J connectivity index is 2.54. The molecule has 5 nitrogen and oxygen atoms in total.